The molecule has 9 heavy (non-hydrogen) atoms. The fourth-order valence-corrected chi connectivity index (χ4v) is 0.496. The van der Waals surface area contributed by atoms with E-state index in [1.807, 2.05) is 6.08 Å². The molecule has 0 saturated carbocycles. The number of allylic oxidation sites excluding steroid dienone is 1. The van der Waals surface area contributed by atoms with Crippen LogP contribution in [0.1, 0.15) is 19.8 Å². The van der Waals surface area contributed by atoms with Crippen LogP contribution < -0.4 is 0 Å². The van der Waals surface area contributed by atoms with Gasteiger partial charge in [0.1, 0.15) is 0 Å². The zero-order valence-corrected chi connectivity index (χ0v) is 5.93. The van der Waals surface area contributed by atoms with E-state index >= 15 is 0 Å². The Bertz CT molecular complexity index is 103. The third-order valence-corrected chi connectivity index (χ3v) is 1.26. The Hall–Kier alpha value is -0.560. The van der Waals surface area contributed by atoms with E-state index in [2.05, 4.69) is 13.2 Å². The lowest BCUT2D eigenvalue weighted by Gasteiger charge is -2.05. The van der Waals surface area contributed by atoms with E-state index in [0.717, 1.165) is 18.4 Å². The lowest BCUT2D eigenvalue weighted by molar-refractivity contribution is 0.228. The van der Waals surface area contributed by atoms with E-state index in [-0.39, 0.29) is 6.10 Å². The molecule has 0 saturated heterocycles. The molecular formula is C8H14O. The molecule has 0 aromatic rings. The standard InChI is InChI=1S/C8H14O/c1-4-5-6-7(2)8(3)9/h4,8-9H,1-2,5-6H2,3H3/t8-/m0/s1. The van der Waals surface area contributed by atoms with Gasteiger partial charge in [0.15, 0.2) is 0 Å². The van der Waals surface area contributed by atoms with Crippen molar-refractivity contribution in [3.8, 4) is 0 Å². The topological polar surface area (TPSA) is 20.2 Å². The molecule has 0 amide bonds. The molecule has 0 aliphatic carbocycles. The second kappa shape index (κ2) is 4.33. The van der Waals surface area contributed by atoms with Crippen LogP contribution >= 0.6 is 0 Å². The summed E-state index contributed by atoms with van der Waals surface area (Å²) in [4.78, 5) is 0. The van der Waals surface area contributed by atoms with Crippen LogP contribution in [0.25, 0.3) is 0 Å². The minimum absolute atomic E-state index is 0.370. The minimum atomic E-state index is -0.370. The highest BCUT2D eigenvalue weighted by atomic mass is 16.3. The van der Waals surface area contributed by atoms with Crippen LogP contribution in [0.4, 0.5) is 0 Å². The molecule has 0 aliphatic rings. The first-order chi connectivity index (χ1) is 4.18. The maximum Gasteiger partial charge on any atom is 0.0719 e. The number of rotatable bonds is 4. The van der Waals surface area contributed by atoms with Crippen LogP contribution in [0.3, 0.4) is 0 Å². The molecule has 1 heteroatoms. The Morgan fingerprint density at radius 3 is 2.67 bits per heavy atom. The zero-order chi connectivity index (χ0) is 7.28. The first kappa shape index (κ1) is 8.44. The number of hydrogen-bond donors (Lipinski definition) is 1. The molecule has 1 atom stereocenters. The summed E-state index contributed by atoms with van der Waals surface area (Å²) in [7, 11) is 0. The van der Waals surface area contributed by atoms with Gasteiger partial charge < -0.3 is 5.11 Å². The van der Waals surface area contributed by atoms with Crippen molar-refractivity contribution in [1.29, 1.82) is 0 Å². The molecule has 0 bridgehead atoms. The zero-order valence-electron chi connectivity index (χ0n) is 5.93. The van der Waals surface area contributed by atoms with Gasteiger partial charge in [-0.1, -0.05) is 12.7 Å². The van der Waals surface area contributed by atoms with Crippen molar-refractivity contribution in [1.82, 2.24) is 0 Å². The van der Waals surface area contributed by atoms with E-state index in [1.54, 1.807) is 6.92 Å². The molecular weight excluding hydrogens is 112 g/mol. The highest BCUT2D eigenvalue weighted by Gasteiger charge is 1.98. The Morgan fingerprint density at radius 1 is 1.78 bits per heavy atom. The van der Waals surface area contributed by atoms with E-state index < -0.39 is 0 Å². The van der Waals surface area contributed by atoms with Gasteiger partial charge >= 0.3 is 0 Å². The van der Waals surface area contributed by atoms with Crippen molar-refractivity contribution in [2.45, 2.75) is 25.9 Å². The summed E-state index contributed by atoms with van der Waals surface area (Å²) in [6.07, 6.45) is 3.21. The number of aliphatic hydroxyl groups is 1. The van der Waals surface area contributed by atoms with Crippen molar-refractivity contribution in [3.05, 3.63) is 24.8 Å². The normalized spacial score (nSPS) is 12.7. The van der Waals surface area contributed by atoms with Gasteiger partial charge in [-0.2, -0.15) is 0 Å². The second-order valence-corrected chi connectivity index (χ2v) is 2.16. The van der Waals surface area contributed by atoms with E-state index in [9.17, 15) is 0 Å². The van der Waals surface area contributed by atoms with Gasteiger partial charge in [-0.3, -0.25) is 0 Å². The monoisotopic (exact) mass is 126 g/mol. The molecule has 0 radical (unpaired) electrons. The quantitative estimate of drug-likeness (QED) is 0.570. The predicted octanol–water partition coefficient (Wildman–Crippen LogP) is 1.89. The fraction of sp³-hybridized carbons (Fsp3) is 0.500. The summed E-state index contributed by atoms with van der Waals surface area (Å²) in [5.74, 6) is 0. The Labute approximate surface area is 56.7 Å². The molecule has 0 aromatic heterocycles. The largest absolute Gasteiger partial charge is 0.389 e. The lowest BCUT2D eigenvalue weighted by atomic mass is 10.1. The van der Waals surface area contributed by atoms with Crippen LogP contribution in [0.2, 0.25) is 0 Å². The third-order valence-electron chi connectivity index (χ3n) is 1.26. The molecule has 1 nitrogen and oxygen atoms in total. The van der Waals surface area contributed by atoms with Gasteiger partial charge in [0.05, 0.1) is 6.10 Å². The molecule has 0 aromatic carbocycles. The smallest absolute Gasteiger partial charge is 0.0719 e. The number of hydrogen-bond acceptors (Lipinski definition) is 1. The van der Waals surface area contributed by atoms with Crippen LogP contribution in [0, 0.1) is 0 Å². The molecule has 0 heterocycles. The van der Waals surface area contributed by atoms with Crippen LogP contribution in [0.15, 0.2) is 24.8 Å². The van der Waals surface area contributed by atoms with Crippen LogP contribution in [-0.4, -0.2) is 11.2 Å². The highest BCUT2D eigenvalue weighted by Crippen LogP contribution is 2.06. The average Bonchev–Trinajstić information content (AvgIpc) is 1.82. The van der Waals surface area contributed by atoms with E-state index in [4.69, 9.17) is 5.11 Å². The summed E-state index contributed by atoms with van der Waals surface area (Å²) in [5.41, 5.74) is 0.884. The summed E-state index contributed by atoms with van der Waals surface area (Å²) < 4.78 is 0. The number of aliphatic hydroxyl groups excluding tert-OH is 1. The molecule has 0 rings (SSSR count). The van der Waals surface area contributed by atoms with Crippen molar-refractivity contribution in [2.75, 3.05) is 0 Å². The predicted molar refractivity (Wildman–Crippen MR) is 40.3 cm³/mol. The molecule has 52 valence electrons. The molecule has 0 spiro atoms. The molecule has 0 fully saturated rings. The van der Waals surface area contributed by atoms with E-state index in [1.165, 1.54) is 0 Å². The summed E-state index contributed by atoms with van der Waals surface area (Å²) in [5, 5.41) is 8.91. The lowest BCUT2D eigenvalue weighted by Crippen LogP contribution is -2.02. The van der Waals surface area contributed by atoms with Crippen molar-refractivity contribution in [3.63, 3.8) is 0 Å². The summed E-state index contributed by atoms with van der Waals surface area (Å²) >= 11 is 0. The Kier molecular flexibility index (Phi) is 4.06. The molecule has 0 aliphatic heterocycles. The van der Waals surface area contributed by atoms with Gasteiger partial charge in [0.25, 0.3) is 0 Å². The molecule has 1 N–H and O–H groups in total. The maximum absolute atomic E-state index is 8.91. The maximum atomic E-state index is 8.91. The average molecular weight is 126 g/mol. The van der Waals surface area contributed by atoms with Gasteiger partial charge in [-0.05, 0) is 25.3 Å². The van der Waals surface area contributed by atoms with Gasteiger partial charge in [-0.25, -0.2) is 0 Å². The first-order valence-electron chi connectivity index (χ1n) is 3.15. The SMILES string of the molecule is C=CCCC(=C)[C@H](C)O. The summed E-state index contributed by atoms with van der Waals surface area (Å²) in [6, 6.07) is 0. The Balaban J connectivity index is 3.38. The first-order valence-corrected chi connectivity index (χ1v) is 3.15. The van der Waals surface area contributed by atoms with Crippen LogP contribution in [-0.2, 0) is 0 Å². The van der Waals surface area contributed by atoms with Crippen molar-refractivity contribution < 1.29 is 5.11 Å². The second-order valence-electron chi connectivity index (χ2n) is 2.16. The molecule has 0 unspecified atom stereocenters. The van der Waals surface area contributed by atoms with Gasteiger partial charge in [0.2, 0.25) is 0 Å². The van der Waals surface area contributed by atoms with E-state index in [0.29, 0.717) is 0 Å². The van der Waals surface area contributed by atoms with Crippen molar-refractivity contribution in [2.24, 2.45) is 0 Å². The van der Waals surface area contributed by atoms with Crippen molar-refractivity contribution >= 4 is 0 Å². The van der Waals surface area contributed by atoms with Gasteiger partial charge in [0, 0.05) is 0 Å². The fourth-order valence-electron chi connectivity index (χ4n) is 0.496. The third kappa shape index (κ3) is 3.98. The summed E-state index contributed by atoms with van der Waals surface area (Å²) in [6.45, 7) is 8.99. The van der Waals surface area contributed by atoms with Gasteiger partial charge in [-0.15, -0.1) is 6.58 Å². The minimum Gasteiger partial charge on any atom is -0.389 e. The Morgan fingerprint density at radius 2 is 2.33 bits per heavy atom. The van der Waals surface area contributed by atoms with Crippen LogP contribution in [0.5, 0.6) is 0 Å². The highest BCUT2D eigenvalue weighted by molar-refractivity contribution is 5.00.